The maximum absolute atomic E-state index is 5.53. The van der Waals surface area contributed by atoms with Crippen LogP contribution in [-0.2, 0) is 9.47 Å². The van der Waals surface area contributed by atoms with E-state index in [1.807, 2.05) is 14.2 Å². The van der Waals surface area contributed by atoms with Gasteiger partial charge >= 0.3 is 0 Å². The number of piperidine rings is 1. The molecular formula is C12H23NO2. The molecule has 88 valence electrons. The van der Waals surface area contributed by atoms with Crippen molar-refractivity contribution in [3.63, 3.8) is 0 Å². The monoisotopic (exact) mass is 213 g/mol. The molecule has 0 radical (unpaired) electrons. The summed E-state index contributed by atoms with van der Waals surface area (Å²) in [6.07, 6.45) is 4.63. The number of hydrogen-bond donors (Lipinski definition) is 0. The van der Waals surface area contributed by atoms with Gasteiger partial charge in [0.25, 0.3) is 0 Å². The van der Waals surface area contributed by atoms with E-state index in [9.17, 15) is 0 Å². The SMILES string of the molecule is CO[C@H]1CN([C@H]2C[C@H](OC)C2)CC[C@@H]1C. The highest BCUT2D eigenvalue weighted by atomic mass is 16.5. The van der Waals surface area contributed by atoms with E-state index in [0.717, 1.165) is 12.6 Å². The predicted molar refractivity (Wildman–Crippen MR) is 60.0 cm³/mol. The minimum absolute atomic E-state index is 0.431. The summed E-state index contributed by atoms with van der Waals surface area (Å²) in [6.45, 7) is 4.64. The minimum Gasteiger partial charge on any atom is -0.381 e. The van der Waals surface area contributed by atoms with Gasteiger partial charge in [0.2, 0.25) is 0 Å². The maximum atomic E-state index is 5.53. The maximum Gasteiger partial charge on any atom is 0.0724 e. The molecule has 0 aromatic heterocycles. The van der Waals surface area contributed by atoms with Crippen LogP contribution in [0.5, 0.6) is 0 Å². The van der Waals surface area contributed by atoms with Gasteiger partial charge in [0.15, 0.2) is 0 Å². The highest BCUT2D eigenvalue weighted by Gasteiger charge is 2.37. The summed E-state index contributed by atoms with van der Waals surface area (Å²) < 4.78 is 10.9. The van der Waals surface area contributed by atoms with Gasteiger partial charge in [0, 0.05) is 26.8 Å². The Balaban J connectivity index is 1.80. The van der Waals surface area contributed by atoms with Crippen LogP contribution in [0.3, 0.4) is 0 Å². The molecule has 1 saturated carbocycles. The van der Waals surface area contributed by atoms with Crippen molar-refractivity contribution in [2.24, 2.45) is 5.92 Å². The lowest BCUT2D eigenvalue weighted by molar-refractivity contribution is -0.0710. The normalized spacial score (nSPS) is 42.6. The fourth-order valence-corrected chi connectivity index (χ4v) is 2.72. The zero-order valence-corrected chi connectivity index (χ0v) is 10.1. The molecule has 1 aliphatic heterocycles. The second kappa shape index (κ2) is 4.81. The number of rotatable bonds is 3. The van der Waals surface area contributed by atoms with E-state index in [4.69, 9.17) is 9.47 Å². The van der Waals surface area contributed by atoms with Gasteiger partial charge in [-0.05, 0) is 31.7 Å². The standard InChI is InChI=1S/C12H23NO2/c1-9-4-5-13(8-12(9)15-3)10-6-11(7-10)14-2/h9-12H,4-8H2,1-3H3/t9-,10-,11-,12-/m0/s1. The summed E-state index contributed by atoms with van der Waals surface area (Å²) in [5.41, 5.74) is 0. The lowest BCUT2D eigenvalue weighted by Gasteiger charge is -2.46. The molecular weight excluding hydrogens is 190 g/mol. The van der Waals surface area contributed by atoms with E-state index in [2.05, 4.69) is 11.8 Å². The Hall–Kier alpha value is -0.120. The second-order valence-corrected chi connectivity index (χ2v) is 5.02. The Bertz CT molecular complexity index is 204. The van der Waals surface area contributed by atoms with Crippen molar-refractivity contribution < 1.29 is 9.47 Å². The lowest BCUT2D eigenvalue weighted by atomic mass is 9.85. The molecule has 3 heteroatoms. The topological polar surface area (TPSA) is 21.7 Å². The van der Waals surface area contributed by atoms with Gasteiger partial charge in [-0.15, -0.1) is 0 Å². The van der Waals surface area contributed by atoms with Crippen molar-refractivity contribution in [1.82, 2.24) is 4.90 Å². The number of methoxy groups -OCH3 is 2. The van der Waals surface area contributed by atoms with E-state index in [1.165, 1.54) is 25.8 Å². The van der Waals surface area contributed by atoms with Crippen molar-refractivity contribution in [3.05, 3.63) is 0 Å². The van der Waals surface area contributed by atoms with Gasteiger partial charge in [0.1, 0.15) is 0 Å². The highest BCUT2D eigenvalue weighted by Crippen LogP contribution is 2.31. The fraction of sp³-hybridized carbons (Fsp3) is 1.00. The minimum atomic E-state index is 0.431. The zero-order chi connectivity index (χ0) is 10.8. The Morgan fingerprint density at radius 3 is 2.47 bits per heavy atom. The average Bonchev–Trinajstić information content (AvgIpc) is 2.19. The van der Waals surface area contributed by atoms with Crippen LogP contribution < -0.4 is 0 Å². The third kappa shape index (κ3) is 2.35. The summed E-state index contributed by atoms with van der Waals surface area (Å²) in [5.74, 6) is 0.713. The summed E-state index contributed by atoms with van der Waals surface area (Å²) in [7, 11) is 3.65. The number of likely N-dealkylation sites (tertiary alicyclic amines) is 1. The number of hydrogen-bond acceptors (Lipinski definition) is 3. The largest absolute Gasteiger partial charge is 0.381 e. The van der Waals surface area contributed by atoms with Crippen LogP contribution >= 0.6 is 0 Å². The van der Waals surface area contributed by atoms with Crippen molar-refractivity contribution >= 4 is 0 Å². The molecule has 1 saturated heterocycles. The summed E-state index contributed by atoms with van der Waals surface area (Å²) in [5, 5.41) is 0. The van der Waals surface area contributed by atoms with Crippen molar-refractivity contribution in [2.75, 3.05) is 27.3 Å². The molecule has 15 heavy (non-hydrogen) atoms. The molecule has 2 atom stereocenters. The fourth-order valence-electron chi connectivity index (χ4n) is 2.72. The first kappa shape index (κ1) is 11.4. The predicted octanol–water partition coefficient (Wildman–Crippen LogP) is 1.52. The van der Waals surface area contributed by atoms with Gasteiger partial charge in [-0.2, -0.15) is 0 Å². The van der Waals surface area contributed by atoms with Gasteiger partial charge < -0.3 is 9.47 Å². The quantitative estimate of drug-likeness (QED) is 0.709. The molecule has 0 bridgehead atoms. The van der Waals surface area contributed by atoms with Crippen LogP contribution in [0.1, 0.15) is 26.2 Å². The molecule has 1 aliphatic carbocycles. The van der Waals surface area contributed by atoms with Crippen molar-refractivity contribution in [2.45, 2.75) is 44.4 Å². The van der Waals surface area contributed by atoms with E-state index in [1.54, 1.807) is 0 Å². The molecule has 2 fully saturated rings. The smallest absolute Gasteiger partial charge is 0.0724 e. The number of nitrogens with zero attached hydrogens (tertiary/aromatic N) is 1. The van der Waals surface area contributed by atoms with Crippen LogP contribution in [0, 0.1) is 5.92 Å². The molecule has 0 spiro atoms. The molecule has 1 heterocycles. The highest BCUT2D eigenvalue weighted by molar-refractivity contribution is 4.91. The van der Waals surface area contributed by atoms with Crippen LogP contribution in [0.4, 0.5) is 0 Å². The third-order valence-corrected chi connectivity index (χ3v) is 4.14. The summed E-state index contributed by atoms with van der Waals surface area (Å²) >= 11 is 0. The van der Waals surface area contributed by atoms with Gasteiger partial charge in [-0.3, -0.25) is 4.90 Å². The van der Waals surface area contributed by atoms with E-state index in [-0.39, 0.29) is 0 Å². The van der Waals surface area contributed by atoms with E-state index < -0.39 is 0 Å². The zero-order valence-electron chi connectivity index (χ0n) is 10.1. The van der Waals surface area contributed by atoms with Gasteiger partial charge in [0.05, 0.1) is 12.2 Å². The molecule has 3 nitrogen and oxygen atoms in total. The Labute approximate surface area is 92.7 Å². The molecule has 0 aromatic rings. The second-order valence-electron chi connectivity index (χ2n) is 5.02. The van der Waals surface area contributed by atoms with Gasteiger partial charge in [-0.1, -0.05) is 6.92 Å². The first-order valence-electron chi connectivity index (χ1n) is 6.04. The van der Waals surface area contributed by atoms with Crippen molar-refractivity contribution in [1.29, 1.82) is 0 Å². The Morgan fingerprint density at radius 2 is 1.87 bits per heavy atom. The molecule has 2 aliphatic rings. The molecule has 0 unspecified atom stereocenters. The summed E-state index contributed by atoms with van der Waals surface area (Å²) in [6, 6.07) is 0.750. The third-order valence-electron chi connectivity index (χ3n) is 4.14. The summed E-state index contributed by atoms with van der Waals surface area (Å²) in [4.78, 5) is 2.59. The molecule has 0 amide bonds. The Morgan fingerprint density at radius 1 is 1.13 bits per heavy atom. The van der Waals surface area contributed by atoms with Crippen LogP contribution in [0.2, 0.25) is 0 Å². The number of ether oxygens (including phenoxy) is 2. The van der Waals surface area contributed by atoms with E-state index >= 15 is 0 Å². The van der Waals surface area contributed by atoms with Crippen molar-refractivity contribution in [3.8, 4) is 0 Å². The van der Waals surface area contributed by atoms with Crippen LogP contribution in [-0.4, -0.2) is 50.5 Å². The average molecular weight is 213 g/mol. The van der Waals surface area contributed by atoms with Gasteiger partial charge in [-0.25, -0.2) is 0 Å². The molecule has 0 N–H and O–H groups in total. The van der Waals surface area contributed by atoms with Crippen LogP contribution in [0.15, 0.2) is 0 Å². The van der Waals surface area contributed by atoms with Crippen LogP contribution in [0.25, 0.3) is 0 Å². The molecule has 0 aromatic carbocycles. The lowest BCUT2D eigenvalue weighted by Crippen LogP contribution is -2.54. The van der Waals surface area contributed by atoms with E-state index in [0.29, 0.717) is 18.1 Å². The first-order valence-corrected chi connectivity index (χ1v) is 6.04. The molecule has 2 rings (SSSR count). The Kier molecular flexibility index (Phi) is 3.65. The first-order chi connectivity index (χ1) is 7.24.